The summed E-state index contributed by atoms with van der Waals surface area (Å²) in [6, 6.07) is 21.2. The highest BCUT2D eigenvalue weighted by Crippen LogP contribution is 2.25. The zero-order valence-electron chi connectivity index (χ0n) is 24.5. The van der Waals surface area contributed by atoms with Gasteiger partial charge < -0.3 is 28.4 Å². The minimum atomic E-state index is -0.613. The molecule has 10 nitrogen and oxygen atoms in total. The second-order valence-corrected chi connectivity index (χ2v) is 9.23. The Balaban J connectivity index is 1.37. The maximum Gasteiger partial charge on any atom is 0.343 e. The standard InChI is InChI=1S/C34H34O10/c1-4-31(35)42-22-21-41-29-15-11-27(12-16-29)34(38)44-30-17-9-26(10-18-30)25-7-13-28(14-8-25)40-19-5-6-20-43-33(37)24(2)23-32(36)39-3/h4,7-18H,1-2,5-6,19-23H2,3H3. The zero-order chi connectivity index (χ0) is 31.7. The van der Waals surface area contributed by atoms with Crippen LogP contribution in [0.3, 0.4) is 0 Å². The van der Waals surface area contributed by atoms with Crippen LogP contribution in [0.1, 0.15) is 29.6 Å². The molecule has 0 aliphatic carbocycles. The number of carbonyl (C=O) groups is 4. The number of ether oxygens (including phenoxy) is 6. The second-order valence-electron chi connectivity index (χ2n) is 9.23. The van der Waals surface area contributed by atoms with Gasteiger partial charge in [0, 0.05) is 11.6 Å². The van der Waals surface area contributed by atoms with E-state index in [9.17, 15) is 19.2 Å². The van der Waals surface area contributed by atoms with Gasteiger partial charge in [0.1, 0.15) is 30.5 Å². The van der Waals surface area contributed by atoms with Crippen molar-refractivity contribution >= 4 is 23.9 Å². The summed E-state index contributed by atoms with van der Waals surface area (Å²) in [6.45, 7) is 7.76. The summed E-state index contributed by atoms with van der Waals surface area (Å²) < 4.78 is 31.2. The smallest absolute Gasteiger partial charge is 0.343 e. The molecule has 44 heavy (non-hydrogen) atoms. The van der Waals surface area contributed by atoms with Crippen LogP contribution >= 0.6 is 0 Å². The molecule has 0 aliphatic heterocycles. The molecule has 3 aromatic rings. The van der Waals surface area contributed by atoms with Gasteiger partial charge in [-0.25, -0.2) is 14.4 Å². The van der Waals surface area contributed by atoms with E-state index in [1.807, 2.05) is 36.4 Å². The first-order valence-corrected chi connectivity index (χ1v) is 13.8. The molecule has 0 fully saturated rings. The molecule has 0 N–H and O–H groups in total. The number of carbonyl (C=O) groups excluding carboxylic acids is 4. The van der Waals surface area contributed by atoms with Crippen LogP contribution < -0.4 is 14.2 Å². The SMILES string of the molecule is C=CC(=O)OCCOc1ccc(C(=O)Oc2ccc(-c3ccc(OCCCCOC(=O)C(=C)CC(=O)OC)cc3)cc2)cc1. The van der Waals surface area contributed by atoms with E-state index >= 15 is 0 Å². The topological polar surface area (TPSA) is 124 Å². The van der Waals surface area contributed by atoms with E-state index in [2.05, 4.69) is 17.9 Å². The monoisotopic (exact) mass is 602 g/mol. The summed E-state index contributed by atoms with van der Waals surface area (Å²) in [7, 11) is 1.24. The fourth-order valence-electron chi connectivity index (χ4n) is 3.65. The summed E-state index contributed by atoms with van der Waals surface area (Å²) in [4.78, 5) is 46.6. The van der Waals surface area contributed by atoms with Gasteiger partial charge in [0.2, 0.25) is 0 Å². The zero-order valence-corrected chi connectivity index (χ0v) is 24.5. The van der Waals surface area contributed by atoms with Gasteiger partial charge in [-0.3, -0.25) is 4.79 Å². The molecule has 0 aromatic heterocycles. The van der Waals surface area contributed by atoms with Gasteiger partial charge in [0.25, 0.3) is 0 Å². The number of rotatable bonds is 17. The van der Waals surface area contributed by atoms with Gasteiger partial charge in [-0.1, -0.05) is 37.4 Å². The van der Waals surface area contributed by atoms with Gasteiger partial charge in [0.15, 0.2) is 0 Å². The molecule has 0 amide bonds. The normalized spacial score (nSPS) is 10.2. The molecule has 0 radical (unpaired) electrons. The van der Waals surface area contributed by atoms with Crippen LogP contribution in [0.4, 0.5) is 0 Å². The summed E-state index contributed by atoms with van der Waals surface area (Å²) in [5.41, 5.74) is 2.32. The molecule has 3 aromatic carbocycles. The quantitative estimate of drug-likeness (QED) is 0.0643. The minimum absolute atomic E-state index is 0.0567. The Hall–Kier alpha value is -5.38. The maximum atomic E-state index is 12.5. The Morgan fingerprint density at radius 2 is 1.23 bits per heavy atom. The van der Waals surface area contributed by atoms with Crippen molar-refractivity contribution in [3.63, 3.8) is 0 Å². The Morgan fingerprint density at radius 1 is 0.682 bits per heavy atom. The van der Waals surface area contributed by atoms with Crippen LogP contribution in [0.2, 0.25) is 0 Å². The van der Waals surface area contributed by atoms with Crippen LogP contribution in [-0.4, -0.2) is 57.4 Å². The molecule has 0 atom stereocenters. The molecule has 230 valence electrons. The van der Waals surface area contributed by atoms with E-state index in [0.717, 1.165) is 17.2 Å². The van der Waals surface area contributed by atoms with Crippen LogP contribution in [0, 0.1) is 0 Å². The average molecular weight is 603 g/mol. The summed E-state index contributed by atoms with van der Waals surface area (Å²) in [5.74, 6) is -0.547. The van der Waals surface area contributed by atoms with Gasteiger partial charge in [-0.2, -0.15) is 0 Å². The third-order valence-corrected chi connectivity index (χ3v) is 6.02. The number of benzene rings is 3. The first-order chi connectivity index (χ1) is 21.3. The molecule has 0 aliphatic rings. The van der Waals surface area contributed by atoms with E-state index in [1.165, 1.54) is 7.11 Å². The maximum absolute atomic E-state index is 12.5. The summed E-state index contributed by atoms with van der Waals surface area (Å²) in [5, 5.41) is 0. The summed E-state index contributed by atoms with van der Waals surface area (Å²) >= 11 is 0. The predicted molar refractivity (Wildman–Crippen MR) is 161 cm³/mol. The molecular weight excluding hydrogens is 568 g/mol. The highest BCUT2D eigenvalue weighted by atomic mass is 16.6. The van der Waals surface area contributed by atoms with Gasteiger partial charge >= 0.3 is 23.9 Å². The number of hydrogen-bond acceptors (Lipinski definition) is 10. The van der Waals surface area contributed by atoms with Crippen molar-refractivity contribution in [3.05, 3.63) is 103 Å². The number of hydrogen-bond donors (Lipinski definition) is 0. The first kappa shape index (κ1) is 33.1. The molecule has 0 heterocycles. The van der Waals surface area contributed by atoms with Gasteiger partial charge in [0.05, 0.1) is 32.3 Å². The molecule has 0 spiro atoms. The van der Waals surface area contributed by atoms with E-state index in [0.29, 0.717) is 42.3 Å². The Kier molecular flexibility index (Phi) is 13.2. The van der Waals surface area contributed by atoms with E-state index in [-0.39, 0.29) is 31.8 Å². The second kappa shape index (κ2) is 17.5. The van der Waals surface area contributed by atoms with E-state index < -0.39 is 23.9 Å². The molecular formula is C34H34O10. The molecule has 3 rings (SSSR count). The van der Waals surface area contributed by atoms with Crippen molar-refractivity contribution < 1.29 is 47.6 Å². The predicted octanol–water partition coefficient (Wildman–Crippen LogP) is 5.50. The van der Waals surface area contributed by atoms with Crippen molar-refractivity contribution in [2.24, 2.45) is 0 Å². The van der Waals surface area contributed by atoms with Crippen molar-refractivity contribution in [1.82, 2.24) is 0 Å². The van der Waals surface area contributed by atoms with Gasteiger partial charge in [-0.05, 0) is 72.5 Å². The lowest BCUT2D eigenvalue weighted by Gasteiger charge is -2.09. The molecule has 0 saturated carbocycles. The lowest BCUT2D eigenvalue weighted by molar-refractivity contribution is -0.144. The van der Waals surface area contributed by atoms with Crippen molar-refractivity contribution in [2.75, 3.05) is 33.5 Å². The number of unbranched alkanes of at least 4 members (excludes halogenated alkanes) is 1. The largest absolute Gasteiger partial charge is 0.494 e. The molecule has 10 heteroatoms. The fourth-order valence-corrected chi connectivity index (χ4v) is 3.65. The third kappa shape index (κ3) is 11.1. The highest BCUT2D eigenvalue weighted by molar-refractivity contribution is 5.93. The lowest BCUT2D eigenvalue weighted by Crippen LogP contribution is -2.13. The average Bonchev–Trinajstić information content (AvgIpc) is 3.05. The van der Waals surface area contributed by atoms with E-state index in [4.69, 9.17) is 23.7 Å². The van der Waals surface area contributed by atoms with Crippen molar-refractivity contribution in [3.8, 4) is 28.4 Å². The van der Waals surface area contributed by atoms with Crippen molar-refractivity contribution in [1.29, 1.82) is 0 Å². The van der Waals surface area contributed by atoms with E-state index in [1.54, 1.807) is 36.4 Å². The Morgan fingerprint density at radius 3 is 1.82 bits per heavy atom. The molecule has 0 saturated heterocycles. The van der Waals surface area contributed by atoms with Crippen LogP contribution in [0.15, 0.2) is 97.6 Å². The third-order valence-electron chi connectivity index (χ3n) is 6.02. The first-order valence-electron chi connectivity index (χ1n) is 13.8. The fraction of sp³-hybridized carbons (Fsp3) is 0.235. The van der Waals surface area contributed by atoms with Crippen LogP contribution in [-0.2, 0) is 28.6 Å². The number of esters is 4. The Labute approximate surface area is 255 Å². The molecule has 0 unspecified atom stereocenters. The molecule has 0 bridgehead atoms. The minimum Gasteiger partial charge on any atom is -0.494 e. The van der Waals surface area contributed by atoms with Crippen molar-refractivity contribution in [2.45, 2.75) is 19.3 Å². The van der Waals surface area contributed by atoms with Crippen LogP contribution in [0.5, 0.6) is 17.2 Å². The Bertz CT molecular complexity index is 1420. The van der Waals surface area contributed by atoms with Gasteiger partial charge in [-0.15, -0.1) is 0 Å². The lowest BCUT2D eigenvalue weighted by atomic mass is 10.1. The van der Waals surface area contributed by atoms with Crippen LogP contribution in [0.25, 0.3) is 11.1 Å². The number of methoxy groups -OCH3 is 1. The summed E-state index contributed by atoms with van der Waals surface area (Å²) in [6.07, 6.45) is 2.16. The highest BCUT2D eigenvalue weighted by Gasteiger charge is 2.13.